The monoisotopic (exact) mass is 369 g/mol. The van der Waals surface area contributed by atoms with Gasteiger partial charge in [-0.15, -0.1) is 0 Å². The van der Waals surface area contributed by atoms with E-state index in [-0.39, 0.29) is 5.91 Å². The lowest BCUT2D eigenvalue weighted by Gasteiger charge is -2.25. The quantitative estimate of drug-likeness (QED) is 0.783. The number of carbonyl (C=O) groups is 1. The van der Waals surface area contributed by atoms with Gasteiger partial charge in [-0.25, -0.2) is 4.98 Å². The maximum absolute atomic E-state index is 12.2. The highest BCUT2D eigenvalue weighted by molar-refractivity contribution is 5.80. The summed E-state index contributed by atoms with van der Waals surface area (Å²) in [6.45, 7) is 7.58. The molecule has 6 nitrogen and oxygen atoms in total. The van der Waals surface area contributed by atoms with Crippen LogP contribution in [0, 0.1) is 0 Å². The van der Waals surface area contributed by atoms with Crippen LogP contribution in [0.4, 0.5) is 5.69 Å². The fraction of sp³-hybridized carbons (Fsp3) is 0.429. The van der Waals surface area contributed by atoms with Crippen LogP contribution in [0.1, 0.15) is 20.3 Å². The maximum Gasteiger partial charge on any atom is 0.224 e. The number of amides is 1. The maximum atomic E-state index is 12.2. The molecular weight excluding hydrogens is 342 g/mol. The molecule has 1 amide bonds. The van der Waals surface area contributed by atoms with E-state index < -0.39 is 0 Å². The largest absolute Gasteiger partial charge is 0.494 e. The summed E-state index contributed by atoms with van der Waals surface area (Å²) in [5.74, 6) is 1.62. The van der Waals surface area contributed by atoms with E-state index in [2.05, 4.69) is 4.90 Å². The average molecular weight is 369 g/mol. The number of aromatic nitrogens is 1. The SMILES string of the molecule is CCOc1ccc(-c2nc(OC)ccc2N2CCC(=O)N(CC)CC2)cc1. The molecule has 0 unspecified atom stereocenters. The Morgan fingerprint density at radius 3 is 2.48 bits per heavy atom. The number of nitrogens with zero attached hydrogens (tertiary/aromatic N) is 3. The lowest BCUT2D eigenvalue weighted by Crippen LogP contribution is -2.33. The summed E-state index contributed by atoms with van der Waals surface area (Å²) in [6.07, 6.45) is 0.516. The molecule has 1 aliphatic rings. The van der Waals surface area contributed by atoms with Gasteiger partial charge in [-0.2, -0.15) is 0 Å². The van der Waals surface area contributed by atoms with Gasteiger partial charge in [0.2, 0.25) is 11.8 Å². The standard InChI is InChI=1S/C21H27N3O3/c1-4-23-14-15-24(13-12-20(23)25)18-10-11-19(26-3)22-21(18)16-6-8-17(9-7-16)27-5-2/h6-11H,4-5,12-15H2,1-3H3. The fourth-order valence-electron chi connectivity index (χ4n) is 3.33. The first kappa shape index (κ1) is 19.0. The van der Waals surface area contributed by atoms with E-state index in [0.29, 0.717) is 25.5 Å². The van der Waals surface area contributed by atoms with Gasteiger partial charge in [0.05, 0.1) is 25.1 Å². The van der Waals surface area contributed by atoms with Gasteiger partial charge in [0.15, 0.2) is 0 Å². The predicted octanol–water partition coefficient (Wildman–Crippen LogP) is 3.21. The molecule has 1 aromatic carbocycles. The van der Waals surface area contributed by atoms with Crippen molar-refractivity contribution in [3.63, 3.8) is 0 Å². The van der Waals surface area contributed by atoms with E-state index in [9.17, 15) is 4.79 Å². The lowest BCUT2D eigenvalue weighted by atomic mass is 10.1. The smallest absolute Gasteiger partial charge is 0.224 e. The van der Waals surface area contributed by atoms with Crippen LogP contribution in [0.2, 0.25) is 0 Å². The van der Waals surface area contributed by atoms with Crippen molar-refractivity contribution in [2.75, 3.05) is 44.8 Å². The van der Waals surface area contributed by atoms with Crippen LogP contribution in [-0.4, -0.2) is 55.7 Å². The van der Waals surface area contributed by atoms with Gasteiger partial charge in [-0.05, 0) is 44.2 Å². The van der Waals surface area contributed by atoms with E-state index in [1.165, 1.54) is 0 Å². The molecule has 0 N–H and O–H groups in total. The number of anilines is 1. The van der Waals surface area contributed by atoms with Crippen molar-refractivity contribution in [2.24, 2.45) is 0 Å². The molecule has 0 spiro atoms. The highest BCUT2D eigenvalue weighted by atomic mass is 16.5. The molecule has 0 atom stereocenters. The molecule has 2 heterocycles. The second-order valence-corrected chi connectivity index (χ2v) is 6.39. The first-order valence-electron chi connectivity index (χ1n) is 9.47. The van der Waals surface area contributed by atoms with Gasteiger partial charge in [-0.3, -0.25) is 4.79 Å². The number of carbonyl (C=O) groups excluding carboxylic acids is 1. The van der Waals surface area contributed by atoms with Crippen molar-refractivity contribution in [2.45, 2.75) is 20.3 Å². The van der Waals surface area contributed by atoms with E-state index in [0.717, 1.165) is 42.3 Å². The zero-order chi connectivity index (χ0) is 19.2. The number of ether oxygens (including phenoxy) is 2. The molecule has 3 rings (SSSR count). The van der Waals surface area contributed by atoms with Crippen molar-refractivity contribution in [1.29, 1.82) is 0 Å². The van der Waals surface area contributed by atoms with Crippen molar-refractivity contribution >= 4 is 11.6 Å². The average Bonchev–Trinajstić information content (AvgIpc) is 2.89. The molecular formula is C21H27N3O3. The van der Waals surface area contributed by atoms with E-state index in [1.807, 2.05) is 55.1 Å². The Balaban J connectivity index is 1.94. The topological polar surface area (TPSA) is 54.9 Å². The number of pyridine rings is 1. The minimum atomic E-state index is 0.212. The molecule has 0 saturated carbocycles. The van der Waals surface area contributed by atoms with Gasteiger partial charge in [-0.1, -0.05) is 0 Å². The van der Waals surface area contributed by atoms with Crippen molar-refractivity contribution in [3.8, 4) is 22.9 Å². The normalized spacial score (nSPS) is 14.9. The minimum Gasteiger partial charge on any atom is -0.494 e. The second-order valence-electron chi connectivity index (χ2n) is 6.39. The highest BCUT2D eigenvalue weighted by Crippen LogP contribution is 2.33. The molecule has 1 saturated heterocycles. The minimum absolute atomic E-state index is 0.212. The number of benzene rings is 1. The van der Waals surface area contributed by atoms with E-state index >= 15 is 0 Å². The third kappa shape index (κ3) is 4.32. The van der Waals surface area contributed by atoms with Crippen LogP contribution in [0.5, 0.6) is 11.6 Å². The Labute approximate surface area is 160 Å². The summed E-state index contributed by atoms with van der Waals surface area (Å²) in [6, 6.07) is 11.8. The van der Waals surface area contributed by atoms with Crippen LogP contribution >= 0.6 is 0 Å². The predicted molar refractivity (Wildman–Crippen MR) is 106 cm³/mol. The Hall–Kier alpha value is -2.76. The Bertz CT molecular complexity index is 777. The fourth-order valence-corrected chi connectivity index (χ4v) is 3.33. The third-order valence-electron chi connectivity index (χ3n) is 4.81. The van der Waals surface area contributed by atoms with Crippen LogP contribution in [0.25, 0.3) is 11.3 Å². The number of hydrogen-bond donors (Lipinski definition) is 0. The van der Waals surface area contributed by atoms with Crippen molar-refractivity contribution < 1.29 is 14.3 Å². The molecule has 0 radical (unpaired) electrons. The zero-order valence-corrected chi connectivity index (χ0v) is 16.3. The number of rotatable bonds is 6. The van der Waals surface area contributed by atoms with Crippen LogP contribution in [-0.2, 0) is 4.79 Å². The molecule has 144 valence electrons. The van der Waals surface area contributed by atoms with Crippen molar-refractivity contribution in [3.05, 3.63) is 36.4 Å². The van der Waals surface area contributed by atoms with Gasteiger partial charge >= 0.3 is 0 Å². The molecule has 0 bridgehead atoms. The van der Waals surface area contributed by atoms with Gasteiger partial charge in [0.1, 0.15) is 5.75 Å². The molecule has 1 fully saturated rings. The summed E-state index contributed by atoms with van der Waals surface area (Å²) in [4.78, 5) is 21.1. The first-order chi connectivity index (χ1) is 13.2. The van der Waals surface area contributed by atoms with Crippen LogP contribution in [0.15, 0.2) is 36.4 Å². The van der Waals surface area contributed by atoms with E-state index in [4.69, 9.17) is 14.5 Å². The number of methoxy groups -OCH3 is 1. The van der Waals surface area contributed by atoms with Crippen LogP contribution in [0.3, 0.4) is 0 Å². The summed E-state index contributed by atoms with van der Waals surface area (Å²) >= 11 is 0. The Morgan fingerprint density at radius 1 is 1.04 bits per heavy atom. The molecule has 1 aliphatic heterocycles. The summed E-state index contributed by atoms with van der Waals surface area (Å²) in [7, 11) is 1.62. The Kier molecular flexibility index (Phi) is 6.16. The number of likely N-dealkylation sites (N-methyl/N-ethyl adjacent to an activating group) is 1. The summed E-state index contributed by atoms with van der Waals surface area (Å²) < 4.78 is 10.9. The molecule has 2 aromatic rings. The van der Waals surface area contributed by atoms with Gasteiger partial charge in [0.25, 0.3) is 0 Å². The first-order valence-corrected chi connectivity index (χ1v) is 9.47. The van der Waals surface area contributed by atoms with Gasteiger partial charge in [0, 0.05) is 44.2 Å². The zero-order valence-electron chi connectivity index (χ0n) is 16.3. The van der Waals surface area contributed by atoms with Gasteiger partial charge < -0.3 is 19.3 Å². The molecule has 0 aliphatic carbocycles. The third-order valence-corrected chi connectivity index (χ3v) is 4.81. The molecule has 27 heavy (non-hydrogen) atoms. The van der Waals surface area contributed by atoms with Crippen LogP contribution < -0.4 is 14.4 Å². The lowest BCUT2D eigenvalue weighted by molar-refractivity contribution is -0.130. The van der Waals surface area contributed by atoms with Crippen molar-refractivity contribution in [1.82, 2.24) is 9.88 Å². The highest BCUT2D eigenvalue weighted by Gasteiger charge is 2.22. The molecule has 1 aromatic heterocycles. The molecule has 6 heteroatoms. The summed E-state index contributed by atoms with van der Waals surface area (Å²) in [5, 5.41) is 0. The summed E-state index contributed by atoms with van der Waals surface area (Å²) in [5.41, 5.74) is 2.87. The Morgan fingerprint density at radius 2 is 1.81 bits per heavy atom. The second kappa shape index (κ2) is 8.75. The van der Waals surface area contributed by atoms with E-state index in [1.54, 1.807) is 7.11 Å². The number of hydrogen-bond acceptors (Lipinski definition) is 5.